The molecular formula is C7H17BN2O4S. The summed E-state index contributed by atoms with van der Waals surface area (Å²) in [5.41, 5.74) is 0. The van der Waals surface area contributed by atoms with Gasteiger partial charge in [0.25, 0.3) is 16.2 Å². The van der Waals surface area contributed by atoms with Crippen LogP contribution < -0.4 is 9.86 Å². The summed E-state index contributed by atoms with van der Waals surface area (Å²) < 4.78 is 27.9. The minimum atomic E-state index is -3.74. The van der Waals surface area contributed by atoms with Gasteiger partial charge in [-0.1, -0.05) is 19.8 Å². The smallest absolute Gasteiger partial charge is 0.325 e. The molecule has 88 valence electrons. The van der Waals surface area contributed by atoms with Gasteiger partial charge in [-0.3, -0.25) is 4.79 Å². The minimum absolute atomic E-state index is 0.00843. The maximum atomic E-state index is 11.2. The van der Waals surface area contributed by atoms with Crippen molar-refractivity contribution < 1.29 is 17.9 Å². The van der Waals surface area contributed by atoms with Crippen molar-refractivity contribution in [1.29, 1.82) is 0 Å². The molecule has 0 saturated carbocycles. The van der Waals surface area contributed by atoms with Crippen molar-refractivity contribution in [2.45, 2.75) is 26.2 Å². The number of unbranched alkanes of at least 4 members (excludes halogenated alkanes) is 1. The molecule has 6 nitrogen and oxygen atoms in total. The molecule has 0 fully saturated rings. The number of nitrogens with one attached hydrogen (secondary N) is 1. The molecule has 1 atom stereocenters. The predicted octanol–water partition coefficient (Wildman–Crippen LogP) is -1.32. The van der Waals surface area contributed by atoms with Crippen molar-refractivity contribution in [2.24, 2.45) is 11.1 Å². The molecule has 0 spiro atoms. The van der Waals surface area contributed by atoms with Crippen molar-refractivity contribution in [3.8, 4) is 0 Å². The summed E-state index contributed by atoms with van der Waals surface area (Å²) in [6.07, 6.45) is 2.36. The van der Waals surface area contributed by atoms with Crippen LogP contribution >= 0.6 is 0 Å². The standard InChI is InChI=1S/C7H17BN2O4S/c1-2-3-4-6(7(11)14-8)5-10-15(9,12)13/h6,10H,2-5,8H2,1H3,(H2,9,12,13). The molecule has 3 N–H and O–H groups in total. The molecule has 15 heavy (non-hydrogen) atoms. The zero-order chi connectivity index (χ0) is 11.9. The summed E-state index contributed by atoms with van der Waals surface area (Å²) in [6, 6.07) is 0. The van der Waals surface area contributed by atoms with Crippen LogP contribution in [0.5, 0.6) is 0 Å². The molecule has 0 aromatic heterocycles. The first-order valence-corrected chi connectivity index (χ1v) is 6.30. The third-order valence-electron chi connectivity index (χ3n) is 1.97. The van der Waals surface area contributed by atoms with Gasteiger partial charge in [-0.05, 0) is 6.42 Å². The average Bonchev–Trinajstić information content (AvgIpc) is 2.15. The highest BCUT2D eigenvalue weighted by atomic mass is 32.2. The van der Waals surface area contributed by atoms with E-state index in [4.69, 9.17) is 5.14 Å². The first-order valence-electron chi connectivity index (χ1n) is 4.76. The summed E-state index contributed by atoms with van der Waals surface area (Å²) >= 11 is 0. The van der Waals surface area contributed by atoms with Gasteiger partial charge >= 0.3 is 8.05 Å². The Morgan fingerprint density at radius 2 is 2.20 bits per heavy atom. The number of carbonyl (C=O) groups excluding carboxylic acids is 1. The van der Waals surface area contributed by atoms with Gasteiger partial charge in [0.15, 0.2) is 0 Å². The lowest BCUT2D eigenvalue weighted by Crippen LogP contribution is -2.37. The number of hydrogen-bond donors (Lipinski definition) is 2. The largest absolute Gasteiger partial charge is 0.543 e. The Morgan fingerprint density at radius 3 is 2.60 bits per heavy atom. The van der Waals surface area contributed by atoms with Crippen molar-refractivity contribution in [3.05, 3.63) is 0 Å². The maximum Gasteiger partial charge on any atom is 0.325 e. The van der Waals surface area contributed by atoms with Crippen LogP contribution in [0.4, 0.5) is 0 Å². The van der Waals surface area contributed by atoms with E-state index in [2.05, 4.69) is 9.38 Å². The quantitative estimate of drug-likeness (QED) is 0.535. The average molecular weight is 236 g/mol. The number of carbonyl (C=O) groups is 1. The summed E-state index contributed by atoms with van der Waals surface area (Å²) in [7, 11) is -2.47. The lowest BCUT2D eigenvalue weighted by Gasteiger charge is -2.14. The van der Waals surface area contributed by atoms with Crippen LogP contribution in [0.25, 0.3) is 0 Å². The van der Waals surface area contributed by atoms with Crippen LogP contribution in [-0.2, 0) is 19.7 Å². The maximum absolute atomic E-state index is 11.2. The van der Waals surface area contributed by atoms with Gasteiger partial charge in [-0.15, -0.1) is 0 Å². The molecule has 0 aliphatic rings. The number of rotatable bonds is 7. The highest BCUT2D eigenvalue weighted by molar-refractivity contribution is 7.87. The molecular weight excluding hydrogens is 219 g/mol. The van der Waals surface area contributed by atoms with E-state index in [0.29, 0.717) is 6.42 Å². The van der Waals surface area contributed by atoms with E-state index in [0.717, 1.165) is 12.8 Å². The molecule has 0 bridgehead atoms. The fourth-order valence-corrected chi connectivity index (χ4v) is 1.57. The molecule has 8 heteroatoms. The molecule has 0 aromatic carbocycles. The van der Waals surface area contributed by atoms with Crippen LogP contribution in [0.1, 0.15) is 26.2 Å². The van der Waals surface area contributed by atoms with Crippen molar-refractivity contribution in [2.75, 3.05) is 6.54 Å². The fraction of sp³-hybridized carbons (Fsp3) is 0.857. The first kappa shape index (κ1) is 14.4. The van der Waals surface area contributed by atoms with Crippen LogP contribution in [0.2, 0.25) is 0 Å². The van der Waals surface area contributed by atoms with E-state index in [1.54, 1.807) is 0 Å². The molecule has 0 saturated heterocycles. The van der Waals surface area contributed by atoms with E-state index in [1.807, 2.05) is 6.92 Å². The number of hydrogen-bond acceptors (Lipinski definition) is 4. The Morgan fingerprint density at radius 1 is 1.60 bits per heavy atom. The minimum Gasteiger partial charge on any atom is -0.543 e. The van der Waals surface area contributed by atoms with Gasteiger partial charge in [-0.2, -0.15) is 8.42 Å². The Labute approximate surface area is 91.2 Å². The van der Waals surface area contributed by atoms with E-state index < -0.39 is 22.1 Å². The zero-order valence-electron chi connectivity index (χ0n) is 9.02. The van der Waals surface area contributed by atoms with Crippen LogP contribution in [0.15, 0.2) is 0 Å². The molecule has 1 unspecified atom stereocenters. The van der Waals surface area contributed by atoms with Crippen molar-refractivity contribution in [3.63, 3.8) is 0 Å². The van der Waals surface area contributed by atoms with E-state index in [9.17, 15) is 13.2 Å². The molecule has 0 aromatic rings. The van der Waals surface area contributed by atoms with E-state index in [-0.39, 0.29) is 6.54 Å². The molecule has 0 radical (unpaired) electrons. The summed E-state index contributed by atoms with van der Waals surface area (Å²) in [5.74, 6) is -0.882. The summed E-state index contributed by atoms with van der Waals surface area (Å²) in [4.78, 5) is 11.2. The second-order valence-corrected chi connectivity index (χ2v) is 4.63. The Kier molecular flexibility index (Phi) is 6.54. The Bertz CT molecular complexity index is 293. The SMILES string of the molecule is BOC(=O)C(CCCC)CNS(N)(=O)=O. The van der Waals surface area contributed by atoms with Crippen molar-refractivity contribution >= 4 is 24.2 Å². The van der Waals surface area contributed by atoms with Gasteiger partial charge in [0.2, 0.25) is 0 Å². The van der Waals surface area contributed by atoms with Crippen LogP contribution in [-0.4, -0.2) is 29.0 Å². The topological polar surface area (TPSA) is 98.5 Å². The van der Waals surface area contributed by atoms with E-state index >= 15 is 0 Å². The molecule has 0 heterocycles. The van der Waals surface area contributed by atoms with Crippen molar-refractivity contribution in [1.82, 2.24) is 4.72 Å². The van der Waals surface area contributed by atoms with Crippen LogP contribution in [0.3, 0.4) is 0 Å². The molecule has 0 aliphatic carbocycles. The summed E-state index contributed by atoms with van der Waals surface area (Å²) in [5, 5.41) is 4.76. The lowest BCUT2D eigenvalue weighted by atomic mass is 10.0. The second-order valence-electron chi connectivity index (χ2n) is 3.26. The lowest BCUT2D eigenvalue weighted by molar-refractivity contribution is -0.138. The molecule has 0 amide bonds. The van der Waals surface area contributed by atoms with Gasteiger partial charge in [0, 0.05) is 6.54 Å². The summed E-state index contributed by atoms with van der Waals surface area (Å²) in [6.45, 7) is 1.98. The van der Waals surface area contributed by atoms with Gasteiger partial charge in [0.1, 0.15) is 0 Å². The van der Waals surface area contributed by atoms with E-state index in [1.165, 1.54) is 8.05 Å². The highest BCUT2D eigenvalue weighted by Gasteiger charge is 2.19. The highest BCUT2D eigenvalue weighted by Crippen LogP contribution is 2.09. The number of nitrogens with two attached hydrogens (primary N) is 1. The normalized spacial score (nSPS) is 13.5. The van der Waals surface area contributed by atoms with Gasteiger partial charge in [0.05, 0.1) is 5.92 Å². The third-order valence-corrected chi connectivity index (χ3v) is 2.54. The zero-order valence-corrected chi connectivity index (χ0v) is 9.84. The monoisotopic (exact) mass is 236 g/mol. The Balaban J connectivity index is 4.18. The fourth-order valence-electron chi connectivity index (χ4n) is 1.14. The second kappa shape index (κ2) is 6.81. The predicted molar refractivity (Wildman–Crippen MR) is 58.8 cm³/mol. The molecule has 0 rings (SSSR count). The van der Waals surface area contributed by atoms with Crippen LogP contribution in [0, 0.1) is 5.92 Å². The molecule has 0 aliphatic heterocycles. The van der Waals surface area contributed by atoms with Gasteiger partial charge < -0.3 is 4.65 Å². The third kappa shape index (κ3) is 7.35. The van der Waals surface area contributed by atoms with Gasteiger partial charge in [-0.25, -0.2) is 9.86 Å². The Hall–Kier alpha value is -0.595. The first-order chi connectivity index (χ1) is 6.90.